The molecule has 0 atom stereocenters. The van der Waals surface area contributed by atoms with Gasteiger partial charge in [0.05, 0.1) is 36.2 Å². The molecule has 1 aliphatic heterocycles. The van der Waals surface area contributed by atoms with E-state index in [1.54, 1.807) is 54.7 Å². The van der Waals surface area contributed by atoms with Crippen LogP contribution in [-0.2, 0) is 4.79 Å². The van der Waals surface area contributed by atoms with E-state index in [2.05, 4.69) is 27.2 Å². The first-order chi connectivity index (χ1) is 25.2. The Bertz CT molecular complexity index is 2060. The molecule has 3 amide bonds. The second kappa shape index (κ2) is 20.7. The molecule has 294 valence electrons. The van der Waals surface area contributed by atoms with Gasteiger partial charge in [0.15, 0.2) is 0 Å². The molecule has 0 radical (unpaired) electrons. The Labute approximate surface area is 340 Å². The van der Waals surface area contributed by atoms with Crippen molar-refractivity contribution in [1.82, 2.24) is 24.8 Å². The number of fused-ring (bicyclic) bond motifs is 1. The molecule has 2 N–H and O–H groups in total. The summed E-state index contributed by atoms with van der Waals surface area (Å²) in [6.45, 7) is 5.90. The van der Waals surface area contributed by atoms with Crippen LogP contribution < -0.4 is 19.7 Å². The minimum atomic E-state index is -0.365. The molecule has 55 heavy (non-hydrogen) atoms. The van der Waals surface area contributed by atoms with Gasteiger partial charge in [-0.15, -0.1) is 37.2 Å². The summed E-state index contributed by atoms with van der Waals surface area (Å²) in [5.74, 6) is 1.18. The fraction of sp³-hybridized carbons (Fsp3) is 0.325. The number of carbonyl (C=O) groups is 3. The minimum Gasteiger partial charge on any atom is -0.495 e. The van der Waals surface area contributed by atoms with Gasteiger partial charge in [0.1, 0.15) is 22.8 Å². The predicted octanol–water partition coefficient (Wildman–Crippen LogP) is 7.45. The number of hydrogen-bond acceptors (Lipinski definition) is 8. The molecule has 1 aliphatic rings. The monoisotopic (exact) mass is 811 g/mol. The van der Waals surface area contributed by atoms with Gasteiger partial charge in [0.25, 0.3) is 11.8 Å². The number of pyridine rings is 1. The predicted molar refractivity (Wildman–Crippen MR) is 224 cm³/mol. The molecule has 0 saturated carbocycles. The number of amides is 3. The van der Waals surface area contributed by atoms with Gasteiger partial charge in [-0.2, -0.15) is 0 Å². The number of H-pyrrole nitrogens is 1. The highest BCUT2D eigenvalue weighted by atomic mass is 35.5. The van der Waals surface area contributed by atoms with Crippen molar-refractivity contribution in [3.8, 4) is 22.9 Å². The number of rotatable bonds is 13. The molecule has 6 rings (SSSR count). The van der Waals surface area contributed by atoms with Crippen LogP contribution in [0.3, 0.4) is 0 Å². The molecule has 0 aliphatic carbocycles. The van der Waals surface area contributed by atoms with E-state index in [1.165, 1.54) is 7.11 Å². The van der Waals surface area contributed by atoms with Crippen LogP contribution in [0.25, 0.3) is 22.4 Å². The number of anilines is 2. The highest BCUT2D eigenvalue weighted by molar-refractivity contribution is 6.13. The van der Waals surface area contributed by atoms with Crippen molar-refractivity contribution in [2.45, 2.75) is 32.6 Å². The number of nitrogens with zero attached hydrogens (tertiary/aromatic N) is 5. The van der Waals surface area contributed by atoms with E-state index in [0.29, 0.717) is 58.4 Å². The van der Waals surface area contributed by atoms with E-state index >= 15 is 0 Å². The zero-order valence-corrected chi connectivity index (χ0v) is 33.8. The first kappa shape index (κ1) is 44.5. The Morgan fingerprint density at radius 2 is 1.64 bits per heavy atom. The number of ether oxygens (including phenoxy) is 2. The lowest BCUT2D eigenvalue weighted by atomic mass is 10.1. The lowest BCUT2D eigenvalue weighted by Gasteiger charge is -2.32. The van der Waals surface area contributed by atoms with Gasteiger partial charge in [-0.25, -0.2) is 4.98 Å². The van der Waals surface area contributed by atoms with Gasteiger partial charge >= 0.3 is 0 Å². The van der Waals surface area contributed by atoms with Crippen molar-refractivity contribution in [2.75, 3.05) is 64.2 Å². The zero-order valence-electron chi connectivity index (χ0n) is 31.4. The van der Waals surface area contributed by atoms with E-state index in [9.17, 15) is 14.4 Å². The molecule has 0 unspecified atom stereocenters. The molecule has 3 aromatic carbocycles. The zero-order chi connectivity index (χ0) is 36.6. The smallest absolute Gasteiger partial charge is 0.258 e. The number of likely N-dealkylation sites (N-methyl/N-ethyl adjacent to an activating group) is 1. The van der Waals surface area contributed by atoms with Crippen molar-refractivity contribution in [2.24, 2.45) is 0 Å². The maximum Gasteiger partial charge on any atom is 0.258 e. The Morgan fingerprint density at radius 3 is 2.36 bits per heavy atom. The molecule has 1 fully saturated rings. The van der Waals surface area contributed by atoms with Gasteiger partial charge in [-0.3, -0.25) is 19.4 Å². The average Bonchev–Trinajstić information content (AvgIpc) is 3.61. The van der Waals surface area contributed by atoms with Crippen LogP contribution in [0.1, 0.15) is 52.0 Å². The number of benzene rings is 3. The van der Waals surface area contributed by atoms with Crippen LogP contribution in [0.2, 0.25) is 0 Å². The second-order valence-electron chi connectivity index (χ2n) is 13.1. The summed E-state index contributed by atoms with van der Waals surface area (Å²) >= 11 is 0. The van der Waals surface area contributed by atoms with Gasteiger partial charge in [0.2, 0.25) is 5.91 Å². The Balaban J connectivity index is 0.00000271. The fourth-order valence-electron chi connectivity index (χ4n) is 6.25. The lowest BCUT2D eigenvalue weighted by molar-refractivity contribution is -0.132. The third kappa shape index (κ3) is 10.9. The molecule has 3 heterocycles. The highest BCUT2D eigenvalue weighted by Crippen LogP contribution is 2.32. The molecule has 2 aromatic heterocycles. The van der Waals surface area contributed by atoms with Gasteiger partial charge in [-0.05, 0) is 93.4 Å². The molecule has 5 aromatic rings. The van der Waals surface area contributed by atoms with E-state index < -0.39 is 0 Å². The van der Waals surface area contributed by atoms with Crippen molar-refractivity contribution in [3.05, 3.63) is 95.8 Å². The van der Waals surface area contributed by atoms with Crippen molar-refractivity contribution in [3.63, 3.8) is 0 Å². The molecule has 0 spiro atoms. The third-order valence-corrected chi connectivity index (χ3v) is 9.34. The number of piperazine rings is 1. The van der Waals surface area contributed by atoms with E-state index in [1.807, 2.05) is 48.2 Å². The number of halogens is 3. The molecule has 1 saturated heterocycles. The highest BCUT2D eigenvalue weighted by Gasteiger charge is 2.22. The Hall–Kier alpha value is -4.88. The Kier molecular flexibility index (Phi) is 16.8. The molecular formula is C40H48Cl3N7O5. The Morgan fingerprint density at radius 1 is 0.891 bits per heavy atom. The van der Waals surface area contributed by atoms with Gasteiger partial charge in [-0.1, -0.05) is 12.1 Å². The maximum atomic E-state index is 13.8. The summed E-state index contributed by atoms with van der Waals surface area (Å²) in [4.78, 5) is 57.6. The summed E-state index contributed by atoms with van der Waals surface area (Å²) in [7, 11) is 5.28. The number of aromatic amines is 1. The van der Waals surface area contributed by atoms with Crippen LogP contribution in [-0.4, -0.2) is 96.5 Å². The minimum absolute atomic E-state index is 0. The normalized spacial score (nSPS) is 12.5. The number of methoxy groups -OCH3 is 1. The van der Waals surface area contributed by atoms with Gasteiger partial charge < -0.3 is 34.5 Å². The van der Waals surface area contributed by atoms with Crippen molar-refractivity contribution < 1.29 is 23.9 Å². The molecule has 0 bridgehead atoms. The van der Waals surface area contributed by atoms with Crippen LogP contribution in [0, 0.1) is 6.92 Å². The van der Waals surface area contributed by atoms with Crippen LogP contribution in [0.5, 0.6) is 11.5 Å². The number of unbranched alkanes of at least 4 members (excludes halogenated alkanes) is 2. The van der Waals surface area contributed by atoms with Crippen LogP contribution >= 0.6 is 37.2 Å². The number of nitrogens with one attached hydrogen (secondary N) is 2. The lowest BCUT2D eigenvalue weighted by Crippen LogP contribution is -2.47. The first-order valence-electron chi connectivity index (χ1n) is 17.6. The summed E-state index contributed by atoms with van der Waals surface area (Å²) in [6.07, 6.45) is 6.42. The number of para-hydroxylation sites is 1. The van der Waals surface area contributed by atoms with E-state index in [4.69, 9.17) is 14.5 Å². The molecular weight excluding hydrogens is 765 g/mol. The third-order valence-electron chi connectivity index (χ3n) is 9.34. The standard InChI is InChI=1S/C40H45N7O5.3ClH/c1-27-12-15-33(35(25-27)52-24-7-5-6-11-36(48)47-22-20-45(2)21-23-47)46(3)40(50)29-13-14-31(34(26-29)51-4)43-39(49)30-9-8-10-32-37(30)44-38(42-32)28-16-18-41-19-17-28;;;/h8-10,12-19,25-26H,5-7,11,20-24H2,1-4H3,(H,42,44)(H,43,49);3*1H. The number of aryl methyl sites for hydroxylation is 1. The van der Waals surface area contributed by atoms with E-state index in [-0.39, 0.29) is 54.9 Å². The van der Waals surface area contributed by atoms with E-state index in [0.717, 1.165) is 62.1 Å². The largest absolute Gasteiger partial charge is 0.495 e. The fourth-order valence-corrected chi connectivity index (χ4v) is 6.25. The quantitative estimate of drug-likeness (QED) is 0.117. The second-order valence-corrected chi connectivity index (χ2v) is 13.1. The summed E-state index contributed by atoms with van der Waals surface area (Å²) in [5.41, 5.74) is 4.95. The van der Waals surface area contributed by atoms with Crippen LogP contribution in [0.15, 0.2) is 79.1 Å². The van der Waals surface area contributed by atoms with Gasteiger partial charge in [0, 0.05) is 63.2 Å². The first-order valence-corrected chi connectivity index (χ1v) is 17.6. The summed E-state index contributed by atoms with van der Waals surface area (Å²) < 4.78 is 11.8. The SMILES string of the molecule is COc1cc(C(=O)N(C)c2ccc(C)cc2OCCCCCC(=O)N2CCN(C)CC2)ccc1NC(=O)c1cccc2[nH]c(-c3ccncc3)nc12.Cl.Cl.Cl. The topological polar surface area (TPSA) is 133 Å². The van der Waals surface area contributed by atoms with Crippen molar-refractivity contribution in [1.29, 1.82) is 0 Å². The number of carbonyl (C=O) groups excluding carboxylic acids is 3. The molecule has 12 nitrogen and oxygen atoms in total. The number of aromatic nitrogens is 3. The number of imidazole rings is 1. The summed E-state index contributed by atoms with van der Waals surface area (Å²) in [6, 6.07) is 19.7. The number of hydrogen-bond donors (Lipinski definition) is 2. The van der Waals surface area contributed by atoms with Crippen molar-refractivity contribution >= 4 is 77.4 Å². The summed E-state index contributed by atoms with van der Waals surface area (Å²) in [5, 5.41) is 2.93. The maximum absolute atomic E-state index is 13.8. The average molecular weight is 813 g/mol. The van der Waals surface area contributed by atoms with Crippen LogP contribution in [0.4, 0.5) is 11.4 Å². The molecule has 15 heteroatoms.